The molecule has 5 nitrogen and oxygen atoms in total. The van der Waals surface area contributed by atoms with Crippen molar-refractivity contribution >= 4 is 5.97 Å². The van der Waals surface area contributed by atoms with Gasteiger partial charge in [-0.2, -0.15) is 0 Å². The molecule has 0 spiro atoms. The van der Waals surface area contributed by atoms with E-state index in [9.17, 15) is 9.90 Å². The van der Waals surface area contributed by atoms with Gasteiger partial charge in [0.15, 0.2) is 5.82 Å². The van der Waals surface area contributed by atoms with Crippen molar-refractivity contribution in [2.45, 2.75) is 0 Å². The predicted octanol–water partition coefficient (Wildman–Crippen LogP) is 2.63. The number of hydrogen-bond donors (Lipinski definition) is 1. The second-order valence-electron chi connectivity index (χ2n) is 4.21. The van der Waals surface area contributed by atoms with Crippen LogP contribution < -0.4 is 0 Å². The highest BCUT2D eigenvalue weighted by molar-refractivity contribution is 5.91. The van der Waals surface area contributed by atoms with Gasteiger partial charge in [-0.1, -0.05) is 30.3 Å². The minimum Gasteiger partial charge on any atom is -0.478 e. The Bertz CT molecular complexity index is 751. The van der Waals surface area contributed by atoms with Crippen LogP contribution in [0.15, 0.2) is 61.2 Å². The van der Waals surface area contributed by atoms with Crippen LogP contribution in [0, 0.1) is 0 Å². The molecule has 3 rings (SSSR count). The molecule has 20 heavy (non-hydrogen) atoms. The van der Waals surface area contributed by atoms with Crippen molar-refractivity contribution in [1.82, 2.24) is 14.5 Å². The Hall–Kier alpha value is -2.95. The Labute approximate surface area is 115 Å². The van der Waals surface area contributed by atoms with Gasteiger partial charge in [0.05, 0.1) is 5.69 Å². The lowest BCUT2D eigenvalue weighted by atomic mass is 10.2. The highest BCUT2D eigenvalue weighted by atomic mass is 16.4. The average Bonchev–Trinajstić information content (AvgIpc) is 2.98. The molecule has 0 aliphatic heterocycles. The van der Waals surface area contributed by atoms with Crippen molar-refractivity contribution in [3.8, 4) is 17.1 Å². The first-order valence-corrected chi connectivity index (χ1v) is 6.04. The minimum atomic E-state index is -1.01. The van der Waals surface area contributed by atoms with Crippen molar-refractivity contribution in [2.75, 3.05) is 0 Å². The zero-order valence-electron chi connectivity index (χ0n) is 10.5. The van der Waals surface area contributed by atoms with Crippen molar-refractivity contribution in [1.29, 1.82) is 0 Å². The smallest absolute Gasteiger partial charge is 0.339 e. The summed E-state index contributed by atoms with van der Waals surface area (Å²) in [5.41, 5.74) is 1.89. The van der Waals surface area contributed by atoms with Gasteiger partial charge in [-0.15, -0.1) is 0 Å². The van der Waals surface area contributed by atoms with Crippen LogP contribution in [0.25, 0.3) is 17.1 Å². The number of carboxylic acid groups (broad SMARTS) is 1. The number of rotatable bonds is 3. The van der Waals surface area contributed by atoms with Gasteiger partial charge < -0.3 is 5.11 Å². The van der Waals surface area contributed by atoms with Crippen LogP contribution in [0.3, 0.4) is 0 Å². The topological polar surface area (TPSA) is 68.0 Å². The first-order chi connectivity index (χ1) is 9.75. The predicted molar refractivity (Wildman–Crippen MR) is 73.8 cm³/mol. The summed E-state index contributed by atoms with van der Waals surface area (Å²) in [7, 11) is 0. The Morgan fingerprint density at radius 2 is 1.85 bits per heavy atom. The monoisotopic (exact) mass is 265 g/mol. The van der Waals surface area contributed by atoms with Crippen LogP contribution in [-0.4, -0.2) is 25.6 Å². The number of carbonyl (C=O) groups is 1. The third-order valence-corrected chi connectivity index (χ3v) is 2.91. The van der Waals surface area contributed by atoms with E-state index in [-0.39, 0.29) is 5.56 Å². The summed E-state index contributed by atoms with van der Waals surface area (Å²) in [5.74, 6) is -0.655. The van der Waals surface area contributed by atoms with Crippen LogP contribution in [0.5, 0.6) is 0 Å². The third-order valence-electron chi connectivity index (χ3n) is 2.91. The summed E-state index contributed by atoms with van der Waals surface area (Å²) >= 11 is 0. The fourth-order valence-corrected chi connectivity index (χ4v) is 1.97. The van der Waals surface area contributed by atoms with Gasteiger partial charge in [0.2, 0.25) is 0 Å². The highest BCUT2D eigenvalue weighted by Crippen LogP contribution is 2.19. The SMILES string of the molecule is O=C(O)c1cccnc1-n1cnc(-c2ccccc2)c1. The molecule has 2 heterocycles. The Kier molecular flexibility index (Phi) is 3.01. The Morgan fingerprint density at radius 3 is 2.60 bits per heavy atom. The number of aromatic carboxylic acids is 1. The van der Waals surface area contributed by atoms with E-state index >= 15 is 0 Å². The number of nitrogens with zero attached hydrogens (tertiary/aromatic N) is 3. The normalized spacial score (nSPS) is 10.4. The first-order valence-electron chi connectivity index (χ1n) is 6.04. The lowest BCUT2D eigenvalue weighted by Gasteiger charge is -2.04. The van der Waals surface area contributed by atoms with Gasteiger partial charge in [0, 0.05) is 18.0 Å². The second kappa shape index (κ2) is 4.97. The van der Waals surface area contributed by atoms with Crippen LogP contribution in [-0.2, 0) is 0 Å². The quantitative estimate of drug-likeness (QED) is 0.790. The van der Waals surface area contributed by atoms with E-state index < -0.39 is 5.97 Å². The number of pyridine rings is 1. The summed E-state index contributed by atoms with van der Waals surface area (Å²) in [5, 5.41) is 9.18. The van der Waals surface area contributed by atoms with E-state index in [1.54, 1.807) is 29.4 Å². The maximum Gasteiger partial charge on any atom is 0.339 e. The van der Waals surface area contributed by atoms with E-state index in [1.807, 2.05) is 30.3 Å². The second-order valence-corrected chi connectivity index (χ2v) is 4.21. The largest absolute Gasteiger partial charge is 0.478 e. The molecule has 0 atom stereocenters. The number of aromatic nitrogens is 3. The van der Waals surface area contributed by atoms with Crippen molar-refractivity contribution in [3.63, 3.8) is 0 Å². The van der Waals surface area contributed by atoms with Crippen LogP contribution >= 0.6 is 0 Å². The molecule has 1 N–H and O–H groups in total. The van der Waals surface area contributed by atoms with Gasteiger partial charge in [0.1, 0.15) is 11.9 Å². The number of hydrogen-bond acceptors (Lipinski definition) is 3. The summed E-state index contributed by atoms with van der Waals surface area (Å²) in [6.45, 7) is 0. The molecule has 0 bridgehead atoms. The molecule has 98 valence electrons. The summed E-state index contributed by atoms with van der Waals surface area (Å²) in [6.07, 6.45) is 4.89. The Morgan fingerprint density at radius 1 is 1.05 bits per heavy atom. The summed E-state index contributed by atoms with van der Waals surface area (Å²) < 4.78 is 1.62. The number of carboxylic acids is 1. The molecule has 0 amide bonds. The molecule has 0 unspecified atom stereocenters. The summed E-state index contributed by atoms with van der Waals surface area (Å²) in [4.78, 5) is 19.6. The molecule has 0 aliphatic carbocycles. The third kappa shape index (κ3) is 2.16. The van der Waals surface area contributed by atoms with Gasteiger partial charge in [-0.3, -0.25) is 4.57 Å². The maximum absolute atomic E-state index is 11.2. The molecule has 0 saturated carbocycles. The molecule has 5 heteroatoms. The van der Waals surface area contributed by atoms with E-state index in [0.29, 0.717) is 5.82 Å². The molecule has 1 aromatic carbocycles. The fourth-order valence-electron chi connectivity index (χ4n) is 1.97. The first kappa shape index (κ1) is 12.1. The average molecular weight is 265 g/mol. The summed E-state index contributed by atoms with van der Waals surface area (Å²) in [6, 6.07) is 12.8. The van der Waals surface area contributed by atoms with E-state index in [0.717, 1.165) is 11.3 Å². The van der Waals surface area contributed by atoms with Gasteiger partial charge in [-0.05, 0) is 12.1 Å². The standard InChI is InChI=1S/C15H11N3O2/c19-15(20)12-7-4-8-16-14(12)18-9-13(17-10-18)11-5-2-1-3-6-11/h1-10H,(H,19,20). The highest BCUT2D eigenvalue weighted by Gasteiger charge is 2.13. The number of benzene rings is 1. The van der Waals surface area contributed by atoms with Crippen LogP contribution in [0.2, 0.25) is 0 Å². The van der Waals surface area contributed by atoms with Crippen molar-refractivity contribution < 1.29 is 9.90 Å². The number of imidazole rings is 1. The van der Waals surface area contributed by atoms with Crippen LogP contribution in [0.4, 0.5) is 0 Å². The van der Waals surface area contributed by atoms with Crippen molar-refractivity contribution in [2.24, 2.45) is 0 Å². The molecule has 3 aromatic rings. The van der Waals surface area contributed by atoms with E-state index in [4.69, 9.17) is 0 Å². The Balaban J connectivity index is 2.05. The minimum absolute atomic E-state index is 0.143. The van der Waals surface area contributed by atoms with Gasteiger partial charge in [0.25, 0.3) is 0 Å². The van der Waals surface area contributed by atoms with Crippen molar-refractivity contribution in [3.05, 3.63) is 66.7 Å². The lowest BCUT2D eigenvalue weighted by molar-refractivity contribution is 0.0696. The van der Waals surface area contributed by atoms with E-state index in [2.05, 4.69) is 9.97 Å². The molecular weight excluding hydrogens is 254 g/mol. The zero-order chi connectivity index (χ0) is 13.9. The molecule has 0 aliphatic rings. The lowest BCUT2D eigenvalue weighted by Crippen LogP contribution is -2.05. The van der Waals surface area contributed by atoms with E-state index in [1.165, 1.54) is 6.07 Å². The molecule has 2 aromatic heterocycles. The zero-order valence-corrected chi connectivity index (χ0v) is 10.5. The van der Waals surface area contributed by atoms with Crippen LogP contribution in [0.1, 0.15) is 10.4 Å². The molecule has 0 saturated heterocycles. The molecule has 0 fully saturated rings. The van der Waals surface area contributed by atoms with Gasteiger partial charge >= 0.3 is 5.97 Å². The fraction of sp³-hybridized carbons (Fsp3) is 0. The van der Waals surface area contributed by atoms with Gasteiger partial charge in [-0.25, -0.2) is 14.8 Å². The molecular formula is C15H11N3O2. The molecule has 0 radical (unpaired) electrons. The maximum atomic E-state index is 11.2.